The molecule has 3 aromatic rings. The highest BCUT2D eigenvalue weighted by Crippen LogP contribution is 2.27. The van der Waals surface area contributed by atoms with Crippen LogP contribution in [0.15, 0.2) is 46.4 Å². The third-order valence-electron chi connectivity index (χ3n) is 5.77. The molecule has 1 fully saturated rings. The van der Waals surface area contributed by atoms with E-state index in [0.717, 1.165) is 0 Å². The molecule has 1 aliphatic carbocycles. The van der Waals surface area contributed by atoms with Crippen molar-refractivity contribution in [3.8, 4) is 5.88 Å². The van der Waals surface area contributed by atoms with E-state index in [2.05, 4.69) is 20.4 Å². The van der Waals surface area contributed by atoms with E-state index in [9.17, 15) is 18.3 Å². The second-order valence-corrected chi connectivity index (χ2v) is 11.6. The molecule has 13 heteroatoms. The Kier molecular flexibility index (Phi) is 8.69. The Labute approximate surface area is 218 Å². The fourth-order valence-electron chi connectivity index (χ4n) is 3.82. The summed E-state index contributed by atoms with van der Waals surface area (Å²) >= 11 is 1.17. The summed E-state index contributed by atoms with van der Waals surface area (Å²) in [5, 5.41) is 16.9. The molecule has 11 nitrogen and oxygen atoms in total. The summed E-state index contributed by atoms with van der Waals surface area (Å²) < 4.78 is 35.3. The van der Waals surface area contributed by atoms with Crippen LogP contribution in [-0.4, -0.2) is 73.9 Å². The number of hydrogen-bond donors (Lipinski definition) is 2. The zero-order chi connectivity index (χ0) is 26.4. The average Bonchev–Trinajstić information content (AvgIpc) is 3.49. The highest BCUT2D eigenvalue weighted by molar-refractivity contribution is 7.91. The Bertz CT molecular complexity index is 1370. The molecule has 0 saturated heterocycles. The number of nitrogens with one attached hydrogen (secondary N) is 1. The highest BCUT2D eigenvalue weighted by Gasteiger charge is 2.26. The number of nitrogens with zero attached hydrogens (tertiary/aromatic N) is 3. The van der Waals surface area contributed by atoms with Gasteiger partial charge < -0.3 is 19.4 Å². The number of anilines is 1. The number of sulfone groups is 1. The number of aromatic nitrogens is 2. The van der Waals surface area contributed by atoms with Crippen LogP contribution in [0, 0.1) is 0 Å². The summed E-state index contributed by atoms with van der Waals surface area (Å²) in [5.74, 6) is -0.202. The summed E-state index contributed by atoms with van der Waals surface area (Å²) in [6, 6.07) is 9.32. The van der Waals surface area contributed by atoms with Crippen molar-refractivity contribution in [2.24, 2.45) is 5.16 Å². The quantitative estimate of drug-likeness (QED) is 0.209. The van der Waals surface area contributed by atoms with Crippen molar-refractivity contribution >= 4 is 48.3 Å². The Morgan fingerprint density at radius 3 is 2.62 bits per heavy atom. The van der Waals surface area contributed by atoms with Gasteiger partial charge in [0.1, 0.15) is 16.5 Å². The molecule has 4 rings (SSSR count). The molecule has 0 spiro atoms. The fourth-order valence-corrected chi connectivity index (χ4v) is 5.93. The predicted octanol–water partition coefficient (Wildman–Crippen LogP) is 2.78. The minimum atomic E-state index is -3.50. The molecule has 0 aliphatic heterocycles. The molecule has 2 atom stereocenters. The smallest absolute Gasteiger partial charge is 0.280 e. The van der Waals surface area contributed by atoms with E-state index in [4.69, 9.17) is 14.3 Å². The maximum Gasteiger partial charge on any atom is 0.280 e. The SMILES string of the molecule is COCCCS(=O)(=O)c1ccc(C(=NO[C@@H]2CC[C@@H](O)C2)C(=O)Nc2nc3ccc(OC)nc3s2)cc1. The zero-order valence-corrected chi connectivity index (χ0v) is 22.0. The summed E-state index contributed by atoms with van der Waals surface area (Å²) in [5.41, 5.74) is 0.918. The van der Waals surface area contributed by atoms with Gasteiger partial charge in [0.25, 0.3) is 5.91 Å². The number of benzene rings is 1. The van der Waals surface area contributed by atoms with Gasteiger partial charge >= 0.3 is 0 Å². The Morgan fingerprint density at radius 2 is 1.95 bits per heavy atom. The van der Waals surface area contributed by atoms with Gasteiger partial charge in [-0.2, -0.15) is 0 Å². The lowest BCUT2D eigenvalue weighted by atomic mass is 10.1. The third-order valence-corrected chi connectivity index (χ3v) is 8.47. The zero-order valence-electron chi connectivity index (χ0n) is 20.4. The number of aliphatic hydroxyl groups is 1. The first kappa shape index (κ1) is 26.9. The molecule has 2 N–H and O–H groups in total. The number of oxime groups is 1. The van der Waals surface area contributed by atoms with E-state index in [1.807, 2.05) is 0 Å². The molecule has 0 radical (unpaired) electrons. The standard InChI is InChI=1S/C24H28N4O7S2/c1-33-12-3-13-37(31,32)18-8-4-15(5-9-18)21(28-35-17-7-6-16(29)14-17)22(30)27-24-25-19-10-11-20(34-2)26-23(19)36-24/h4-5,8-11,16-17,29H,3,6-7,12-14H2,1-2H3,(H,25,27,30)/t16-,17-/m1/s1. The van der Waals surface area contributed by atoms with Crippen molar-refractivity contribution in [2.75, 3.05) is 31.9 Å². The van der Waals surface area contributed by atoms with E-state index in [0.29, 0.717) is 59.2 Å². The fraction of sp³-hybridized carbons (Fsp3) is 0.417. The Balaban J connectivity index is 1.57. The first-order valence-electron chi connectivity index (χ1n) is 11.7. The van der Waals surface area contributed by atoms with Crippen molar-refractivity contribution in [1.82, 2.24) is 9.97 Å². The highest BCUT2D eigenvalue weighted by atomic mass is 32.2. The van der Waals surface area contributed by atoms with Crippen LogP contribution in [0.25, 0.3) is 10.3 Å². The number of hydrogen-bond acceptors (Lipinski definition) is 11. The molecule has 1 aromatic carbocycles. The third kappa shape index (κ3) is 6.80. The van der Waals surface area contributed by atoms with Gasteiger partial charge in [0, 0.05) is 31.8 Å². The van der Waals surface area contributed by atoms with E-state index in [1.54, 1.807) is 12.1 Å². The maximum absolute atomic E-state index is 13.3. The van der Waals surface area contributed by atoms with Gasteiger partial charge in [-0.1, -0.05) is 28.6 Å². The molecule has 198 valence electrons. The minimum Gasteiger partial charge on any atom is -0.481 e. The molecule has 2 heterocycles. The van der Waals surface area contributed by atoms with Crippen LogP contribution in [0.2, 0.25) is 0 Å². The number of pyridine rings is 1. The van der Waals surface area contributed by atoms with Crippen LogP contribution in [-0.2, 0) is 24.2 Å². The molecular formula is C24H28N4O7S2. The van der Waals surface area contributed by atoms with Crippen LogP contribution in [0.5, 0.6) is 5.88 Å². The lowest BCUT2D eigenvalue weighted by Gasteiger charge is -2.11. The lowest BCUT2D eigenvalue weighted by molar-refractivity contribution is -0.110. The van der Waals surface area contributed by atoms with Crippen LogP contribution in [0.4, 0.5) is 5.13 Å². The second-order valence-electron chi connectivity index (χ2n) is 8.47. The lowest BCUT2D eigenvalue weighted by Crippen LogP contribution is -2.25. The van der Waals surface area contributed by atoms with Crippen LogP contribution < -0.4 is 10.1 Å². The van der Waals surface area contributed by atoms with Crippen LogP contribution in [0.3, 0.4) is 0 Å². The van der Waals surface area contributed by atoms with Crippen LogP contribution >= 0.6 is 11.3 Å². The van der Waals surface area contributed by atoms with Crippen molar-refractivity contribution in [3.05, 3.63) is 42.0 Å². The van der Waals surface area contributed by atoms with Gasteiger partial charge in [-0.3, -0.25) is 10.1 Å². The maximum atomic E-state index is 13.3. The number of amides is 1. The van der Waals surface area contributed by atoms with E-state index < -0.39 is 21.8 Å². The normalized spacial score (nSPS) is 18.2. The topological polar surface area (TPSA) is 149 Å². The van der Waals surface area contributed by atoms with E-state index in [-0.39, 0.29) is 22.5 Å². The number of carbonyl (C=O) groups is 1. The summed E-state index contributed by atoms with van der Waals surface area (Å²) in [6.45, 7) is 0.343. The van der Waals surface area contributed by atoms with Crippen LogP contribution in [0.1, 0.15) is 31.2 Å². The van der Waals surface area contributed by atoms with Gasteiger partial charge in [0.05, 0.1) is 23.9 Å². The Hall–Kier alpha value is -3.13. The average molecular weight is 549 g/mol. The first-order chi connectivity index (χ1) is 17.8. The molecule has 37 heavy (non-hydrogen) atoms. The number of thiazole rings is 1. The van der Waals surface area contributed by atoms with Crippen molar-refractivity contribution in [3.63, 3.8) is 0 Å². The molecule has 1 saturated carbocycles. The van der Waals surface area contributed by atoms with Gasteiger partial charge in [0.2, 0.25) is 5.88 Å². The van der Waals surface area contributed by atoms with Gasteiger partial charge in [0.15, 0.2) is 20.7 Å². The molecule has 1 aliphatic rings. The van der Waals surface area contributed by atoms with Gasteiger partial charge in [-0.25, -0.2) is 18.4 Å². The number of methoxy groups -OCH3 is 2. The van der Waals surface area contributed by atoms with Crippen molar-refractivity contribution < 1.29 is 32.6 Å². The van der Waals surface area contributed by atoms with E-state index in [1.165, 1.54) is 49.8 Å². The second kappa shape index (κ2) is 11.9. The Morgan fingerprint density at radius 1 is 1.16 bits per heavy atom. The number of fused-ring (bicyclic) bond motifs is 1. The van der Waals surface area contributed by atoms with Crippen molar-refractivity contribution in [2.45, 2.75) is 42.8 Å². The molecule has 0 unspecified atom stereocenters. The van der Waals surface area contributed by atoms with E-state index >= 15 is 0 Å². The van der Waals surface area contributed by atoms with Crippen molar-refractivity contribution in [1.29, 1.82) is 0 Å². The number of carbonyl (C=O) groups excluding carboxylic acids is 1. The number of rotatable bonds is 11. The molecule has 1 amide bonds. The summed E-state index contributed by atoms with van der Waals surface area (Å²) in [7, 11) is -0.470. The molecule has 2 aromatic heterocycles. The summed E-state index contributed by atoms with van der Waals surface area (Å²) in [4.78, 5) is 28.3. The van der Waals surface area contributed by atoms with Gasteiger partial charge in [-0.05, 0) is 37.5 Å². The summed E-state index contributed by atoms with van der Waals surface area (Å²) in [6.07, 6.45) is 1.22. The molecular weight excluding hydrogens is 520 g/mol. The molecule has 0 bridgehead atoms. The van der Waals surface area contributed by atoms with Gasteiger partial charge in [-0.15, -0.1) is 0 Å². The number of ether oxygens (including phenoxy) is 2. The number of aliphatic hydroxyl groups excluding tert-OH is 1. The largest absolute Gasteiger partial charge is 0.481 e. The monoisotopic (exact) mass is 548 g/mol. The first-order valence-corrected chi connectivity index (χ1v) is 14.1. The minimum absolute atomic E-state index is 0.0467. The predicted molar refractivity (Wildman–Crippen MR) is 139 cm³/mol.